The largest absolute Gasteiger partial charge is 0.352 e. The molecule has 0 amide bonds. The van der Waals surface area contributed by atoms with Crippen molar-refractivity contribution in [2.24, 2.45) is 5.92 Å². The number of aryl methyl sites for hydroxylation is 2. The van der Waals surface area contributed by atoms with E-state index in [-0.39, 0.29) is 12.8 Å². The van der Waals surface area contributed by atoms with Gasteiger partial charge in [-0.15, -0.1) is 0 Å². The molecule has 2 atom stereocenters. The lowest BCUT2D eigenvalue weighted by atomic mass is 9.62. The number of hydrogen-bond acceptors (Lipinski definition) is 4. The Labute approximate surface area is 156 Å². The molecule has 1 aromatic heterocycles. The molecule has 1 aliphatic rings. The van der Waals surface area contributed by atoms with Gasteiger partial charge in [0.2, 0.25) is 5.92 Å². The summed E-state index contributed by atoms with van der Waals surface area (Å²) in [4.78, 5) is 21.2. The molecule has 7 heteroatoms. The Morgan fingerprint density at radius 2 is 2.15 bits per heavy atom. The summed E-state index contributed by atoms with van der Waals surface area (Å²) < 4.78 is 30.3. The maximum atomic E-state index is 14.2. The van der Waals surface area contributed by atoms with Crippen LogP contribution in [0.15, 0.2) is 42.7 Å². The monoisotopic (exact) mass is 378 g/mol. The third-order valence-electron chi connectivity index (χ3n) is 5.74. The van der Waals surface area contributed by atoms with E-state index in [0.29, 0.717) is 24.9 Å². The minimum Gasteiger partial charge on any atom is -0.335 e. The SMILES string of the molecule is Cc1nccn1CC[C@](C(=O)OO)(c1ccccc1)[C@@H]1CCCC(F)(F)C1. The van der Waals surface area contributed by atoms with Gasteiger partial charge < -0.3 is 9.45 Å². The third kappa shape index (κ3) is 3.88. The fourth-order valence-corrected chi connectivity index (χ4v) is 4.32. The van der Waals surface area contributed by atoms with E-state index in [1.54, 1.807) is 42.7 Å². The van der Waals surface area contributed by atoms with Gasteiger partial charge in [-0.2, -0.15) is 5.26 Å². The van der Waals surface area contributed by atoms with Crippen molar-refractivity contribution in [3.05, 3.63) is 54.1 Å². The Morgan fingerprint density at radius 1 is 1.41 bits per heavy atom. The molecule has 3 rings (SSSR count). The molecule has 1 aliphatic carbocycles. The second-order valence-electron chi connectivity index (χ2n) is 7.28. The molecule has 0 spiro atoms. The van der Waals surface area contributed by atoms with Gasteiger partial charge in [0.15, 0.2) is 0 Å². The van der Waals surface area contributed by atoms with Gasteiger partial charge >= 0.3 is 5.97 Å². The fourth-order valence-electron chi connectivity index (χ4n) is 4.32. The van der Waals surface area contributed by atoms with E-state index in [2.05, 4.69) is 9.87 Å². The van der Waals surface area contributed by atoms with E-state index in [0.717, 1.165) is 5.82 Å². The van der Waals surface area contributed by atoms with Crippen molar-refractivity contribution in [1.29, 1.82) is 0 Å². The van der Waals surface area contributed by atoms with Crippen LogP contribution in [0, 0.1) is 12.8 Å². The number of nitrogens with zero attached hydrogens (tertiary/aromatic N) is 2. The van der Waals surface area contributed by atoms with Gasteiger partial charge in [-0.25, -0.2) is 18.6 Å². The molecule has 5 nitrogen and oxygen atoms in total. The van der Waals surface area contributed by atoms with Crippen molar-refractivity contribution in [1.82, 2.24) is 9.55 Å². The zero-order valence-electron chi connectivity index (χ0n) is 15.3. The van der Waals surface area contributed by atoms with Crippen LogP contribution in [0.2, 0.25) is 0 Å². The molecule has 1 fully saturated rings. The highest BCUT2D eigenvalue weighted by atomic mass is 19.3. The van der Waals surface area contributed by atoms with E-state index in [9.17, 15) is 18.8 Å². The lowest BCUT2D eigenvalue weighted by Gasteiger charge is -2.42. The smallest absolute Gasteiger partial charge is 0.335 e. The molecule has 0 unspecified atom stereocenters. The van der Waals surface area contributed by atoms with Crippen LogP contribution in [0.1, 0.15) is 43.5 Å². The zero-order valence-corrected chi connectivity index (χ0v) is 15.3. The highest BCUT2D eigenvalue weighted by Crippen LogP contribution is 2.49. The second kappa shape index (κ2) is 7.76. The summed E-state index contributed by atoms with van der Waals surface area (Å²) in [7, 11) is 0. The maximum absolute atomic E-state index is 14.2. The summed E-state index contributed by atoms with van der Waals surface area (Å²) in [5, 5.41) is 9.25. The Morgan fingerprint density at radius 3 is 2.74 bits per heavy atom. The summed E-state index contributed by atoms with van der Waals surface area (Å²) in [6.07, 6.45) is 3.89. The van der Waals surface area contributed by atoms with E-state index in [1.807, 2.05) is 11.5 Å². The molecule has 0 radical (unpaired) electrons. The van der Waals surface area contributed by atoms with Crippen LogP contribution < -0.4 is 0 Å². The first-order chi connectivity index (χ1) is 12.9. The average molecular weight is 378 g/mol. The van der Waals surface area contributed by atoms with Crippen molar-refractivity contribution in [3.8, 4) is 0 Å². The van der Waals surface area contributed by atoms with E-state index in [1.165, 1.54) is 0 Å². The molecule has 2 aromatic rings. The molecular weight excluding hydrogens is 354 g/mol. The van der Waals surface area contributed by atoms with Gasteiger partial charge in [-0.05, 0) is 37.7 Å². The lowest BCUT2D eigenvalue weighted by molar-refractivity contribution is -0.245. The first-order valence-corrected chi connectivity index (χ1v) is 9.16. The van der Waals surface area contributed by atoms with Gasteiger partial charge in [-0.1, -0.05) is 30.3 Å². The van der Waals surface area contributed by atoms with Crippen LogP contribution in [0.5, 0.6) is 0 Å². The first-order valence-electron chi connectivity index (χ1n) is 9.16. The molecular formula is C20H24F2N2O3. The molecule has 146 valence electrons. The van der Waals surface area contributed by atoms with Crippen LogP contribution >= 0.6 is 0 Å². The van der Waals surface area contributed by atoms with Crippen molar-refractivity contribution in [2.75, 3.05) is 0 Å². The molecule has 27 heavy (non-hydrogen) atoms. The molecule has 0 aliphatic heterocycles. The Balaban J connectivity index is 2.04. The van der Waals surface area contributed by atoms with Crippen LogP contribution in [0.4, 0.5) is 8.78 Å². The standard InChI is InChI=1S/C20H24F2N2O3/c1-15-23-11-13-24(15)12-10-20(18(25)27-26,16-6-3-2-4-7-16)17-8-5-9-19(21,22)14-17/h2-4,6-7,11,13,17,26H,5,8-10,12,14H2,1H3/t17-,20+/m1/s1. The van der Waals surface area contributed by atoms with Crippen LogP contribution in [-0.2, 0) is 21.6 Å². The van der Waals surface area contributed by atoms with E-state index in [4.69, 9.17) is 0 Å². The number of rotatable bonds is 6. The summed E-state index contributed by atoms with van der Waals surface area (Å²) >= 11 is 0. The Kier molecular flexibility index (Phi) is 5.60. The second-order valence-corrected chi connectivity index (χ2v) is 7.28. The number of carbonyl (C=O) groups is 1. The molecule has 0 saturated heterocycles. The van der Waals surface area contributed by atoms with Crippen LogP contribution in [-0.4, -0.2) is 26.7 Å². The Bertz CT molecular complexity index is 779. The number of alkyl halides is 2. The van der Waals surface area contributed by atoms with Crippen LogP contribution in [0.25, 0.3) is 0 Å². The number of aromatic nitrogens is 2. The van der Waals surface area contributed by atoms with Gasteiger partial charge in [0, 0.05) is 31.8 Å². The predicted molar refractivity (Wildman–Crippen MR) is 95.3 cm³/mol. The topological polar surface area (TPSA) is 64.4 Å². The van der Waals surface area contributed by atoms with Crippen molar-refractivity contribution >= 4 is 5.97 Å². The summed E-state index contributed by atoms with van der Waals surface area (Å²) in [6.45, 7) is 2.24. The van der Waals surface area contributed by atoms with Crippen molar-refractivity contribution in [2.45, 2.75) is 56.9 Å². The molecule has 1 aromatic carbocycles. The average Bonchev–Trinajstić information content (AvgIpc) is 3.07. The Hall–Kier alpha value is -2.28. The third-order valence-corrected chi connectivity index (χ3v) is 5.74. The highest BCUT2D eigenvalue weighted by Gasteiger charge is 2.53. The summed E-state index contributed by atoms with van der Waals surface area (Å²) in [5.41, 5.74) is -0.763. The quantitative estimate of drug-likeness (QED) is 0.599. The first kappa shape index (κ1) is 19.5. The number of benzene rings is 1. The summed E-state index contributed by atoms with van der Waals surface area (Å²) in [6, 6.07) is 8.80. The van der Waals surface area contributed by atoms with Gasteiger partial charge in [-0.3, -0.25) is 0 Å². The zero-order chi connectivity index (χ0) is 19.5. The number of carbonyl (C=O) groups excluding carboxylic acids is 1. The van der Waals surface area contributed by atoms with Gasteiger partial charge in [0.1, 0.15) is 11.2 Å². The maximum Gasteiger partial charge on any atom is 0.352 e. The molecule has 1 heterocycles. The minimum atomic E-state index is -2.83. The van der Waals surface area contributed by atoms with Crippen molar-refractivity contribution in [3.63, 3.8) is 0 Å². The predicted octanol–water partition coefficient (Wildman–Crippen LogP) is 4.36. The fraction of sp³-hybridized carbons (Fsp3) is 0.500. The lowest BCUT2D eigenvalue weighted by Crippen LogP contribution is -2.48. The summed E-state index contributed by atoms with van der Waals surface area (Å²) in [5.74, 6) is -3.58. The van der Waals surface area contributed by atoms with Gasteiger partial charge in [0.05, 0.1) is 0 Å². The molecule has 1 N–H and O–H groups in total. The molecule has 1 saturated carbocycles. The minimum absolute atomic E-state index is 0.177. The van der Waals surface area contributed by atoms with Crippen molar-refractivity contribution < 1.29 is 23.7 Å². The van der Waals surface area contributed by atoms with E-state index >= 15 is 0 Å². The van der Waals surface area contributed by atoms with Crippen LogP contribution in [0.3, 0.4) is 0 Å². The highest BCUT2D eigenvalue weighted by molar-refractivity contribution is 5.83. The normalized spacial score (nSPS) is 21.4. The van der Waals surface area contributed by atoms with E-state index < -0.39 is 29.6 Å². The van der Waals surface area contributed by atoms with Gasteiger partial charge in [0.25, 0.3) is 0 Å². The number of hydrogen-bond donors (Lipinski definition) is 1. The number of halogens is 2. The molecule has 0 bridgehead atoms. The number of imidazole rings is 1.